The van der Waals surface area contributed by atoms with E-state index >= 15 is 0 Å². The molecule has 0 aliphatic heterocycles. The van der Waals surface area contributed by atoms with Crippen LogP contribution in [0.2, 0.25) is 0 Å². The molecule has 2 heteroatoms. The number of carbonyl (C=O) groups is 1. The van der Waals surface area contributed by atoms with Crippen molar-refractivity contribution in [3.05, 3.63) is 11.1 Å². The Morgan fingerprint density at radius 3 is 2.55 bits per heavy atom. The summed E-state index contributed by atoms with van der Waals surface area (Å²) < 4.78 is 26.3. The first-order valence-corrected chi connectivity index (χ1v) is 3.71. The molecule has 0 fully saturated rings. The Balaban J connectivity index is 4.94. The van der Waals surface area contributed by atoms with E-state index in [1.165, 1.54) is 6.92 Å². The lowest BCUT2D eigenvalue weighted by atomic mass is 10.1. The Kier molecular flexibility index (Phi) is 2.61. The van der Waals surface area contributed by atoms with Crippen LogP contribution in [0.3, 0.4) is 0 Å². The van der Waals surface area contributed by atoms with Gasteiger partial charge < -0.3 is 4.74 Å². The molecule has 0 rings (SSSR count). The molecule has 0 aromatic rings. The summed E-state index contributed by atoms with van der Waals surface area (Å²) in [6.07, 6.45) is 0.378. The second-order valence-corrected chi connectivity index (χ2v) is 2.18. The lowest BCUT2D eigenvalue weighted by Gasteiger charge is -2.05. The van der Waals surface area contributed by atoms with Crippen molar-refractivity contribution >= 4 is 5.97 Å². The molecule has 0 aliphatic rings. The fourth-order valence-electron chi connectivity index (χ4n) is 0.781. The molecule has 0 radical (unpaired) electrons. The lowest BCUT2D eigenvalue weighted by molar-refractivity contribution is -0.138. The highest BCUT2D eigenvalue weighted by molar-refractivity contribution is 5.89. The topological polar surface area (TPSA) is 26.3 Å². The maximum Gasteiger partial charge on any atom is 0.333 e. The zero-order valence-corrected chi connectivity index (χ0v) is 7.23. The van der Waals surface area contributed by atoms with E-state index in [-0.39, 0.29) is 17.8 Å². The van der Waals surface area contributed by atoms with Gasteiger partial charge in [0.2, 0.25) is 0 Å². The van der Waals surface area contributed by atoms with Crippen molar-refractivity contribution < 1.29 is 13.6 Å². The Bertz CT molecular complexity index is 241. The number of hydrogen-bond acceptors (Lipinski definition) is 2. The summed E-state index contributed by atoms with van der Waals surface area (Å²) >= 11 is 0. The lowest BCUT2D eigenvalue weighted by Crippen LogP contribution is -2.08. The van der Waals surface area contributed by atoms with E-state index in [9.17, 15) is 4.79 Å². The predicted molar refractivity (Wildman–Crippen MR) is 45.3 cm³/mol. The van der Waals surface area contributed by atoms with E-state index in [0.29, 0.717) is 6.42 Å². The number of rotatable bonds is 3. The van der Waals surface area contributed by atoms with Crippen molar-refractivity contribution in [2.24, 2.45) is 0 Å². The summed E-state index contributed by atoms with van der Waals surface area (Å²) in [4.78, 5) is 11.3. The zero-order valence-electron chi connectivity index (χ0n) is 10.2. The molecular formula is C9H16O2. The Labute approximate surface area is 72.5 Å². The Hall–Kier alpha value is -0.790. The van der Waals surface area contributed by atoms with Gasteiger partial charge in [0, 0.05) is 9.69 Å². The summed E-state index contributed by atoms with van der Waals surface area (Å²) in [5.74, 6) is -0.524. The minimum atomic E-state index is -2.21. The van der Waals surface area contributed by atoms with Crippen LogP contribution < -0.4 is 0 Å². The van der Waals surface area contributed by atoms with Crippen molar-refractivity contribution in [1.82, 2.24) is 0 Å². The van der Waals surface area contributed by atoms with Crippen LogP contribution in [-0.2, 0) is 9.53 Å². The highest BCUT2D eigenvalue weighted by Crippen LogP contribution is 2.09. The molecule has 0 atom stereocenters. The van der Waals surface area contributed by atoms with Crippen LogP contribution in [0.15, 0.2) is 11.1 Å². The standard InChI is InChI=1S/C9H16O2/c1-5-8(7(3)4)9(10)11-6-2/h5-6H2,1-4H3/i3D3/b8-7+. The maximum absolute atomic E-state index is 11.3. The van der Waals surface area contributed by atoms with Gasteiger partial charge in [-0.15, -0.1) is 0 Å². The monoisotopic (exact) mass is 159 g/mol. The average Bonchev–Trinajstić information content (AvgIpc) is 2.04. The molecule has 0 N–H and O–H groups in total. The number of carbonyl (C=O) groups excluding carboxylic acids is 1. The van der Waals surface area contributed by atoms with Gasteiger partial charge in [0.25, 0.3) is 0 Å². The smallest absolute Gasteiger partial charge is 0.333 e. The van der Waals surface area contributed by atoms with Gasteiger partial charge in [0.1, 0.15) is 0 Å². The molecule has 0 amide bonds. The molecule has 0 bridgehead atoms. The molecule has 0 unspecified atom stereocenters. The number of esters is 1. The first-order chi connectivity index (χ1) is 6.34. The quantitative estimate of drug-likeness (QED) is 0.466. The fraction of sp³-hybridized carbons (Fsp3) is 0.667. The van der Waals surface area contributed by atoms with Gasteiger partial charge in [0.05, 0.1) is 6.61 Å². The third kappa shape index (κ3) is 3.21. The van der Waals surface area contributed by atoms with Gasteiger partial charge in [-0.05, 0) is 27.1 Å². The first-order valence-electron chi connectivity index (χ1n) is 5.21. The van der Waals surface area contributed by atoms with Crippen LogP contribution in [0.25, 0.3) is 0 Å². The minimum absolute atomic E-state index is 0.124. The van der Waals surface area contributed by atoms with Crippen molar-refractivity contribution in [3.8, 4) is 0 Å². The number of allylic oxidation sites excluding steroid dienone is 1. The van der Waals surface area contributed by atoms with Gasteiger partial charge >= 0.3 is 5.97 Å². The molecule has 0 saturated heterocycles. The third-order valence-electron chi connectivity index (χ3n) is 1.33. The van der Waals surface area contributed by atoms with Crippen molar-refractivity contribution in [2.75, 3.05) is 6.61 Å². The zero-order chi connectivity index (χ0) is 11.4. The molecule has 0 aromatic heterocycles. The second-order valence-electron chi connectivity index (χ2n) is 2.18. The van der Waals surface area contributed by atoms with Gasteiger partial charge in [-0.25, -0.2) is 4.79 Å². The van der Waals surface area contributed by atoms with E-state index in [1.54, 1.807) is 13.8 Å². The van der Waals surface area contributed by atoms with Crippen LogP contribution in [-0.4, -0.2) is 12.6 Å². The van der Waals surface area contributed by atoms with Crippen molar-refractivity contribution in [1.29, 1.82) is 0 Å². The largest absolute Gasteiger partial charge is 0.463 e. The van der Waals surface area contributed by atoms with Gasteiger partial charge in [0.15, 0.2) is 0 Å². The minimum Gasteiger partial charge on any atom is -0.463 e. The molecule has 2 nitrogen and oxygen atoms in total. The maximum atomic E-state index is 11.3. The summed E-state index contributed by atoms with van der Waals surface area (Å²) in [5.41, 5.74) is 0.380. The molecule has 0 aliphatic carbocycles. The molecule has 0 spiro atoms. The molecule has 11 heavy (non-hydrogen) atoms. The SMILES string of the molecule is [2H]C([2H])([2H])/C(C)=C(/CC)C(=O)OCC. The van der Waals surface area contributed by atoms with Crippen LogP contribution in [0.5, 0.6) is 0 Å². The summed E-state index contributed by atoms with van der Waals surface area (Å²) in [5, 5.41) is 0. The summed E-state index contributed by atoms with van der Waals surface area (Å²) in [6.45, 7) is 2.93. The summed E-state index contributed by atoms with van der Waals surface area (Å²) in [7, 11) is 0. The van der Waals surface area contributed by atoms with Crippen molar-refractivity contribution in [3.63, 3.8) is 0 Å². The van der Waals surface area contributed by atoms with Crippen LogP contribution >= 0.6 is 0 Å². The van der Waals surface area contributed by atoms with E-state index in [1.807, 2.05) is 0 Å². The molecule has 0 saturated carbocycles. The predicted octanol–water partition coefficient (Wildman–Crippen LogP) is 2.30. The van der Waals surface area contributed by atoms with E-state index in [0.717, 1.165) is 0 Å². The number of ether oxygens (including phenoxy) is 1. The van der Waals surface area contributed by atoms with Crippen LogP contribution in [0, 0.1) is 0 Å². The van der Waals surface area contributed by atoms with Gasteiger partial charge in [-0.2, -0.15) is 0 Å². The highest BCUT2D eigenvalue weighted by atomic mass is 16.5. The average molecular weight is 159 g/mol. The summed E-state index contributed by atoms with van der Waals surface area (Å²) in [6, 6.07) is 0. The van der Waals surface area contributed by atoms with Crippen LogP contribution in [0.1, 0.15) is 38.2 Å². The Morgan fingerprint density at radius 2 is 2.18 bits per heavy atom. The van der Waals surface area contributed by atoms with Crippen LogP contribution in [0.4, 0.5) is 0 Å². The van der Waals surface area contributed by atoms with E-state index < -0.39 is 12.8 Å². The molecule has 0 aromatic carbocycles. The number of hydrogen-bond donors (Lipinski definition) is 0. The third-order valence-corrected chi connectivity index (χ3v) is 1.33. The normalized spacial score (nSPS) is 17.5. The second kappa shape index (κ2) is 4.94. The van der Waals surface area contributed by atoms with Crippen molar-refractivity contribution in [2.45, 2.75) is 34.0 Å². The first kappa shape index (κ1) is 5.81. The Morgan fingerprint density at radius 1 is 1.55 bits per heavy atom. The molecule has 0 heterocycles. The highest BCUT2D eigenvalue weighted by Gasteiger charge is 2.08. The van der Waals surface area contributed by atoms with Gasteiger partial charge in [-0.3, -0.25) is 0 Å². The van der Waals surface area contributed by atoms with E-state index in [4.69, 9.17) is 8.85 Å². The molecular weight excluding hydrogens is 140 g/mol. The fourth-order valence-corrected chi connectivity index (χ4v) is 0.781. The van der Waals surface area contributed by atoms with E-state index in [2.05, 4.69) is 0 Å². The van der Waals surface area contributed by atoms with Gasteiger partial charge in [-0.1, -0.05) is 12.5 Å². The molecule has 64 valence electrons.